The van der Waals surface area contributed by atoms with Gasteiger partial charge in [0.05, 0.1) is 6.04 Å². The molecule has 1 aromatic rings. The summed E-state index contributed by atoms with van der Waals surface area (Å²) < 4.78 is 0. The van der Waals surface area contributed by atoms with Crippen LogP contribution in [0.5, 0.6) is 0 Å². The topological polar surface area (TPSA) is 26.0 Å². The van der Waals surface area contributed by atoms with Crippen molar-refractivity contribution in [1.29, 1.82) is 0 Å². The lowest BCUT2D eigenvalue weighted by Crippen LogP contribution is -2.16. The summed E-state index contributed by atoms with van der Waals surface area (Å²) >= 11 is 0. The van der Waals surface area contributed by atoms with Crippen LogP contribution >= 0.6 is 0 Å². The Morgan fingerprint density at radius 1 is 1.29 bits per heavy atom. The standard InChI is InChI=1S/C13H17N/c1-2-3-9-13(14)11-10-12-7-5-4-6-8-12/h4-8,13H,2-3,9,14H2,1H3/t13-/m0/s1. The van der Waals surface area contributed by atoms with Crippen molar-refractivity contribution in [1.82, 2.24) is 0 Å². The molecule has 0 aliphatic carbocycles. The molecular formula is C13H17N. The first kappa shape index (κ1) is 10.8. The summed E-state index contributed by atoms with van der Waals surface area (Å²) in [6, 6.07) is 9.99. The van der Waals surface area contributed by atoms with E-state index in [1.54, 1.807) is 0 Å². The highest BCUT2D eigenvalue weighted by atomic mass is 14.6. The Labute approximate surface area is 86.3 Å². The molecule has 0 radical (unpaired) electrons. The van der Waals surface area contributed by atoms with E-state index in [4.69, 9.17) is 5.73 Å². The number of nitrogens with two attached hydrogens (primary N) is 1. The molecule has 0 saturated carbocycles. The summed E-state index contributed by atoms with van der Waals surface area (Å²) in [7, 11) is 0. The zero-order valence-corrected chi connectivity index (χ0v) is 8.66. The van der Waals surface area contributed by atoms with Crippen molar-refractivity contribution < 1.29 is 0 Å². The van der Waals surface area contributed by atoms with E-state index in [1.165, 1.54) is 6.42 Å². The average molecular weight is 187 g/mol. The quantitative estimate of drug-likeness (QED) is 0.723. The van der Waals surface area contributed by atoms with Crippen LogP contribution in [0.4, 0.5) is 0 Å². The normalized spacial score (nSPS) is 11.6. The molecule has 0 aliphatic rings. The Kier molecular flexibility index (Phi) is 4.82. The predicted octanol–water partition coefficient (Wildman–Crippen LogP) is 2.56. The maximum atomic E-state index is 5.83. The average Bonchev–Trinajstić information content (AvgIpc) is 2.25. The minimum Gasteiger partial charge on any atom is -0.318 e. The molecule has 0 aliphatic heterocycles. The van der Waals surface area contributed by atoms with Gasteiger partial charge in [-0.15, -0.1) is 0 Å². The first-order valence-corrected chi connectivity index (χ1v) is 5.15. The van der Waals surface area contributed by atoms with Crippen molar-refractivity contribution in [2.45, 2.75) is 32.2 Å². The fourth-order valence-electron chi connectivity index (χ4n) is 1.19. The van der Waals surface area contributed by atoms with Gasteiger partial charge in [-0.25, -0.2) is 0 Å². The van der Waals surface area contributed by atoms with Crippen molar-refractivity contribution in [3.63, 3.8) is 0 Å². The highest BCUT2D eigenvalue weighted by molar-refractivity contribution is 5.34. The van der Waals surface area contributed by atoms with Crippen molar-refractivity contribution in [3.05, 3.63) is 35.9 Å². The minimum absolute atomic E-state index is 0.0233. The van der Waals surface area contributed by atoms with Crippen molar-refractivity contribution in [2.75, 3.05) is 0 Å². The van der Waals surface area contributed by atoms with Crippen LogP contribution in [0.3, 0.4) is 0 Å². The summed E-state index contributed by atoms with van der Waals surface area (Å²) in [5.41, 5.74) is 6.88. The number of hydrogen-bond donors (Lipinski definition) is 1. The van der Waals surface area contributed by atoms with Crippen LogP contribution in [0.1, 0.15) is 31.7 Å². The molecule has 0 saturated heterocycles. The maximum absolute atomic E-state index is 5.83. The summed E-state index contributed by atoms with van der Waals surface area (Å²) in [4.78, 5) is 0. The van der Waals surface area contributed by atoms with Crippen LogP contribution in [0.2, 0.25) is 0 Å². The molecule has 1 nitrogen and oxygen atoms in total. The Hall–Kier alpha value is -1.26. The second kappa shape index (κ2) is 6.23. The van der Waals surface area contributed by atoms with Gasteiger partial charge < -0.3 is 5.73 Å². The molecule has 2 N–H and O–H groups in total. The third-order valence-corrected chi connectivity index (χ3v) is 2.04. The second-order valence-corrected chi connectivity index (χ2v) is 3.38. The van der Waals surface area contributed by atoms with E-state index in [-0.39, 0.29) is 6.04 Å². The molecule has 0 fully saturated rings. The molecule has 1 atom stereocenters. The van der Waals surface area contributed by atoms with E-state index < -0.39 is 0 Å². The lowest BCUT2D eigenvalue weighted by molar-refractivity contribution is 0.667. The van der Waals surface area contributed by atoms with Crippen LogP contribution in [0.15, 0.2) is 30.3 Å². The number of benzene rings is 1. The number of hydrogen-bond acceptors (Lipinski definition) is 1. The molecule has 14 heavy (non-hydrogen) atoms. The third-order valence-electron chi connectivity index (χ3n) is 2.04. The Morgan fingerprint density at radius 3 is 2.64 bits per heavy atom. The summed E-state index contributed by atoms with van der Waals surface area (Å²) in [6.07, 6.45) is 3.34. The van der Waals surface area contributed by atoms with Gasteiger partial charge in [-0.2, -0.15) is 0 Å². The van der Waals surface area contributed by atoms with Crippen molar-refractivity contribution in [2.24, 2.45) is 5.73 Å². The van der Waals surface area contributed by atoms with E-state index in [2.05, 4.69) is 18.8 Å². The Morgan fingerprint density at radius 2 is 2.00 bits per heavy atom. The van der Waals surface area contributed by atoms with Gasteiger partial charge in [0.1, 0.15) is 0 Å². The van der Waals surface area contributed by atoms with Crippen LogP contribution in [-0.2, 0) is 0 Å². The largest absolute Gasteiger partial charge is 0.318 e. The molecule has 0 bridgehead atoms. The molecule has 0 amide bonds. The highest BCUT2D eigenvalue weighted by Gasteiger charge is 1.94. The first-order chi connectivity index (χ1) is 6.83. The molecule has 0 aromatic heterocycles. The first-order valence-electron chi connectivity index (χ1n) is 5.15. The Bertz CT molecular complexity index is 305. The van der Waals surface area contributed by atoms with E-state index in [1.807, 2.05) is 30.3 Å². The molecule has 0 heterocycles. The maximum Gasteiger partial charge on any atom is 0.0668 e. The summed E-state index contributed by atoms with van der Waals surface area (Å²) in [5, 5.41) is 0. The lowest BCUT2D eigenvalue weighted by Gasteiger charge is -2.00. The number of unbranched alkanes of at least 4 members (excludes halogenated alkanes) is 1. The van der Waals surface area contributed by atoms with Crippen molar-refractivity contribution in [3.8, 4) is 11.8 Å². The van der Waals surface area contributed by atoms with Gasteiger partial charge in [-0.3, -0.25) is 0 Å². The smallest absolute Gasteiger partial charge is 0.0668 e. The van der Waals surface area contributed by atoms with E-state index in [0.29, 0.717) is 0 Å². The molecule has 0 spiro atoms. The van der Waals surface area contributed by atoms with Gasteiger partial charge in [0.2, 0.25) is 0 Å². The van der Waals surface area contributed by atoms with E-state index in [0.717, 1.165) is 18.4 Å². The lowest BCUT2D eigenvalue weighted by atomic mass is 10.1. The van der Waals surface area contributed by atoms with Gasteiger partial charge in [0.15, 0.2) is 0 Å². The fourth-order valence-corrected chi connectivity index (χ4v) is 1.19. The van der Waals surface area contributed by atoms with Gasteiger partial charge in [0, 0.05) is 5.56 Å². The number of rotatable bonds is 3. The Balaban J connectivity index is 2.47. The predicted molar refractivity (Wildman–Crippen MR) is 60.8 cm³/mol. The SMILES string of the molecule is CCCC[C@H](N)C#Cc1ccccc1. The monoisotopic (exact) mass is 187 g/mol. The summed E-state index contributed by atoms with van der Waals surface area (Å²) in [6.45, 7) is 2.16. The second-order valence-electron chi connectivity index (χ2n) is 3.38. The van der Waals surface area contributed by atoms with Gasteiger partial charge >= 0.3 is 0 Å². The van der Waals surface area contributed by atoms with E-state index in [9.17, 15) is 0 Å². The summed E-state index contributed by atoms with van der Waals surface area (Å²) in [5.74, 6) is 6.14. The molecule has 1 aromatic carbocycles. The third kappa shape index (κ3) is 4.11. The molecule has 74 valence electrons. The van der Waals surface area contributed by atoms with Gasteiger partial charge in [0.25, 0.3) is 0 Å². The van der Waals surface area contributed by atoms with Crippen LogP contribution in [0.25, 0.3) is 0 Å². The minimum atomic E-state index is 0.0233. The van der Waals surface area contributed by atoms with E-state index >= 15 is 0 Å². The molecule has 0 unspecified atom stereocenters. The zero-order chi connectivity index (χ0) is 10.2. The molecule has 1 heteroatoms. The zero-order valence-electron chi connectivity index (χ0n) is 8.66. The van der Waals surface area contributed by atoms with Crippen LogP contribution in [-0.4, -0.2) is 6.04 Å². The molecular weight excluding hydrogens is 170 g/mol. The fraction of sp³-hybridized carbons (Fsp3) is 0.385. The van der Waals surface area contributed by atoms with Crippen LogP contribution < -0.4 is 5.73 Å². The van der Waals surface area contributed by atoms with Gasteiger partial charge in [-0.1, -0.05) is 49.8 Å². The van der Waals surface area contributed by atoms with Crippen LogP contribution in [0, 0.1) is 11.8 Å². The highest BCUT2D eigenvalue weighted by Crippen LogP contribution is 1.98. The van der Waals surface area contributed by atoms with Crippen molar-refractivity contribution >= 4 is 0 Å². The van der Waals surface area contributed by atoms with Gasteiger partial charge in [-0.05, 0) is 18.6 Å². The molecule has 1 rings (SSSR count).